The van der Waals surface area contributed by atoms with Crippen molar-refractivity contribution in [2.24, 2.45) is 5.41 Å². The standard InChI is InChI=1S/C21H33NO2/c23-18-21(17-20-10-4-5-16-24-20)11-14-22(15-12-21)13-6-9-19-7-2-1-3-8-19/h1-3,7-8,20,23H,4-6,9-18H2/t20-/m0/s1. The van der Waals surface area contributed by atoms with Gasteiger partial charge in [-0.25, -0.2) is 0 Å². The first-order valence-corrected chi connectivity index (χ1v) is 9.78. The summed E-state index contributed by atoms with van der Waals surface area (Å²) in [5.41, 5.74) is 1.55. The Labute approximate surface area is 147 Å². The fourth-order valence-corrected chi connectivity index (χ4v) is 4.28. The fraction of sp³-hybridized carbons (Fsp3) is 0.714. The van der Waals surface area contributed by atoms with E-state index in [1.165, 1.54) is 44.2 Å². The van der Waals surface area contributed by atoms with Crippen LogP contribution in [0, 0.1) is 5.41 Å². The number of aliphatic hydroxyl groups excluding tert-OH is 1. The molecule has 1 atom stereocenters. The highest BCUT2D eigenvalue weighted by atomic mass is 16.5. The molecule has 2 aliphatic rings. The zero-order chi connectivity index (χ0) is 16.7. The van der Waals surface area contributed by atoms with Gasteiger partial charge in [-0.1, -0.05) is 30.3 Å². The molecular weight excluding hydrogens is 298 g/mol. The van der Waals surface area contributed by atoms with Crippen molar-refractivity contribution in [1.82, 2.24) is 4.90 Å². The lowest BCUT2D eigenvalue weighted by Crippen LogP contribution is -2.44. The van der Waals surface area contributed by atoms with Crippen molar-refractivity contribution in [3.05, 3.63) is 35.9 Å². The van der Waals surface area contributed by atoms with Gasteiger partial charge in [-0.05, 0) is 82.0 Å². The van der Waals surface area contributed by atoms with Gasteiger partial charge >= 0.3 is 0 Å². The van der Waals surface area contributed by atoms with Crippen LogP contribution in [0.3, 0.4) is 0 Å². The highest BCUT2D eigenvalue weighted by molar-refractivity contribution is 5.14. The van der Waals surface area contributed by atoms with Crippen molar-refractivity contribution in [1.29, 1.82) is 0 Å². The molecule has 3 rings (SSSR count). The number of ether oxygens (including phenoxy) is 1. The van der Waals surface area contributed by atoms with E-state index in [0.29, 0.717) is 12.7 Å². The van der Waals surface area contributed by atoms with Gasteiger partial charge in [0, 0.05) is 13.2 Å². The number of nitrogens with zero attached hydrogens (tertiary/aromatic N) is 1. The average molecular weight is 332 g/mol. The predicted octanol–water partition coefficient (Wildman–Crippen LogP) is 3.65. The zero-order valence-corrected chi connectivity index (χ0v) is 15.0. The molecule has 0 bridgehead atoms. The molecule has 24 heavy (non-hydrogen) atoms. The summed E-state index contributed by atoms with van der Waals surface area (Å²) in [6.07, 6.45) is 9.75. The van der Waals surface area contributed by atoms with Gasteiger partial charge in [-0.3, -0.25) is 0 Å². The topological polar surface area (TPSA) is 32.7 Å². The number of rotatable bonds is 7. The van der Waals surface area contributed by atoms with E-state index in [2.05, 4.69) is 35.2 Å². The van der Waals surface area contributed by atoms with Gasteiger partial charge in [0.25, 0.3) is 0 Å². The molecule has 0 unspecified atom stereocenters. The van der Waals surface area contributed by atoms with E-state index >= 15 is 0 Å². The van der Waals surface area contributed by atoms with Crippen LogP contribution in [0.1, 0.15) is 50.5 Å². The predicted molar refractivity (Wildman–Crippen MR) is 98.2 cm³/mol. The van der Waals surface area contributed by atoms with Gasteiger partial charge in [0.05, 0.1) is 6.10 Å². The molecule has 3 nitrogen and oxygen atoms in total. The molecule has 2 aliphatic heterocycles. The molecule has 1 aromatic rings. The molecule has 1 N–H and O–H groups in total. The molecule has 2 saturated heterocycles. The van der Waals surface area contributed by atoms with Crippen molar-refractivity contribution in [2.75, 3.05) is 32.8 Å². The van der Waals surface area contributed by atoms with Gasteiger partial charge < -0.3 is 14.7 Å². The number of aliphatic hydroxyl groups is 1. The number of hydrogen-bond donors (Lipinski definition) is 1. The highest BCUT2D eigenvalue weighted by Crippen LogP contribution is 2.38. The molecule has 1 aromatic carbocycles. The minimum atomic E-state index is 0.109. The molecule has 0 aliphatic carbocycles. The number of aryl methyl sites for hydroxylation is 1. The van der Waals surface area contributed by atoms with Crippen LogP contribution >= 0.6 is 0 Å². The number of hydrogen-bond acceptors (Lipinski definition) is 3. The Morgan fingerprint density at radius 2 is 1.92 bits per heavy atom. The van der Waals surface area contributed by atoms with E-state index < -0.39 is 0 Å². The maximum Gasteiger partial charge on any atom is 0.0581 e. The third kappa shape index (κ3) is 5.05. The highest BCUT2D eigenvalue weighted by Gasteiger charge is 2.36. The Bertz CT molecular complexity index is 462. The molecule has 0 amide bonds. The van der Waals surface area contributed by atoms with E-state index in [-0.39, 0.29) is 5.41 Å². The Morgan fingerprint density at radius 1 is 1.12 bits per heavy atom. The molecule has 3 heteroatoms. The Morgan fingerprint density at radius 3 is 2.58 bits per heavy atom. The van der Waals surface area contributed by atoms with Gasteiger partial charge in [0.1, 0.15) is 0 Å². The normalized spacial score (nSPS) is 24.8. The van der Waals surface area contributed by atoms with Crippen LogP contribution in [-0.4, -0.2) is 49.0 Å². The summed E-state index contributed by atoms with van der Waals surface area (Å²) < 4.78 is 5.92. The molecule has 2 heterocycles. The molecule has 0 saturated carbocycles. The van der Waals surface area contributed by atoms with Crippen LogP contribution in [0.4, 0.5) is 0 Å². The van der Waals surface area contributed by atoms with Crippen LogP contribution in [0.15, 0.2) is 30.3 Å². The van der Waals surface area contributed by atoms with E-state index in [4.69, 9.17) is 4.74 Å². The van der Waals surface area contributed by atoms with Gasteiger partial charge in [-0.15, -0.1) is 0 Å². The lowest BCUT2D eigenvalue weighted by Gasteiger charge is -2.43. The van der Waals surface area contributed by atoms with E-state index in [1.807, 2.05) is 0 Å². The summed E-state index contributed by atoms with van der Waals surface area (Å²) in [4.78, 5) is 2.58. The Kier molecular flexibility index (Phi) is 6.70. The monoisotopic (exact) mass is 331 g/mol. The van der Waals surface area contributed by atoms with Gasteiger partial charge in [-0.2, -0.15) is 0 Å². The van der Waals surface area contributed by atoms with Crippen molar-refractivity contribution in [3.8, 4) is 0 Å². The molecule has 0 radical (unpaired) electrons. The SMILES string of the molecule is OCC1(C[C@@H]2CCCCO2)CCN(CCCc2ccccc2)CC1. The van der Waals surface area contributed by atoms with Crippen LogP contribution in [0.2, 0.25) is 0 Å². The molecule has 0 spiro atoms. The van der Waals surface area contributed by atoms with E-state index in [0.717, 1.165) is 39.0 Å². The minimum absolute atomic E-state index is 0.109. The molecular formula is C21H33NO2. The summed E-state index contributed by atoms with van der Waals surface area (Å²) in [5.74, 6) is 0. The summed E-state index contributed by atoms with van der Waals surface area (Å²) in [6.45, 7) is 4.67. The average Bonchev–Trinajstić information content (AvgIpc) is 2.65. The quantitative estimate of drug-likeness (QED) is 0.828. The summed E-state index contributed by atoms with van der Waals surface area (Å²) in [6, 6.07) is 10.8. The summed E-state index contributed by atoms with van der Waals surface area (Å²) >= 11 is 0. The first-order valence-electron chi connectivity index (χ1n) is 9.78. The van der Waals surface area contributed by atoms with E-state index in [1.54, 1.807) is 0 Å². The van der Waals surface area contributed by atoms with Gasteiger partial charge in [0.15, 0.2) is 0 Å². The van der Waals surface area contributed by atoms with Crippen molar-refractivity contribution < 1.29 is 9.84 Å². The van der Waals surface area contributed by atoms with Crippen LogP contribution in [0.5, 0.6) is 0 Å². The first-order chi connectivity index (χ1) is 11.8. The molecule has 0 aromatic heterocycles. The first kappa shape index (κ1) is 17.9. The van der Waals surface area contributed by atoms with Crippen LogP contribution in [-0.2, 0) is 11.2 Å². The van der Waals surface area contributed by atoms with Crippen LogP contribution in [0.25, 0.3) is 0 Å². The van der Waals surface area contributed by atoms with Crippen molar-refractivity contribution >= 4 is 0 Å². The fourth-order valence-electron chi connectivity index (χ4n) is 4.28. The maximum atomic E-state index is 10.0. The molecule has 2 fully saturated rings. The summed E-state index contributed by atoms with van der Waals surface area (Å²) in [7, 11) is 0. The zero-order valence-electron chi connectivity index (χ0n) is 15.0. The lowest BCUT2D eigenvalue weighted by atomic mass is 9.74. The van der Waals surface area contributed by atoms with Crippen LogP contribution < -0.4 is 0 Å². The number of likely N-dealkylation sites (tertiary alicyclic amines) is 1. The van der Waals surface area contributed by atoms with E-state index in [9.17, 15) is 5.11 Å². The third-order valence-corrected chi connectivity index (χ3v) is 5.97. The lowest BCUT2D eigenvalue weighted by molar-refractivity contribution is -0.0479. The number of piperidine rings is 1. The Hall–Kier alpha value is -0.900. The number of benzene rings is 1. The summed E-state index contributed by atoms with van der Waals surface area (Å²) in [5, 5.41) is 10.0. The van der Waals surface area contributed by atoms with Crippen molar-refractivity contribution in [2.45, 2.75) is 57.5 Å². The van der Waals surface area contributed by atoms with Gasteiger partial charge in [0.2, 0.25) is 0 Å². The second-order valence-electron chi connectivity index (χ2n) is 7.78. The largest absolute Gasteiger partial charge is 0.396 e. The third-order valence-electron chi connectivity index (χ3n) is 5.97. The smallest absolute Gasteiger partial charge is 0.0581 e. The second-order valence-corrected chi connectivity index (χ2v) is 7.78. The maximum absolute atomic E-state index is 10.0. The van der Waals surface area contributed by atoms with Crippen molar-refractivity contribution in [3.63, 3.8) is 0 Å². The Balaban J connectivity index is 1.40. The second kappa shape index (κ2) is 8.98. The minimum Gasteiger partial charge on any atom is -0.396 e. The molecule has 134 valence electrons.